The Balaban J connectivity index is -0.000000980. The number of alkyl halides is 2. The molecule has 0 N–H and O–H groups in total. The maximum absolute atomic E-state index is 11.8. The van der Waals surface area contributed by atoms with Gasteiger partial charge >= 0.3 is 66.7 Å². The molecular formula is C5H10Cl2Na2O6P2. The first-order valence-corrected chi connectivity index (χ1v) is 7.75. The average molecular weight is 345 g/mol. The second-order valence-electron chi connectivity index (χ2n) is 2.34. The monoisotopic (exact) mass is 344 g/mol. The molecule has 6 nitrogen and oxygen atoms in total. The fourth-order valence-electron chi connectivity index (χ4n) is 0.683. The Morgan fingerprint density at radius 2 is 1.35 bits per heavy atom. The normalized spacial score (nSPS) is 12.6. The first kappa shape index (κ1) is 24.9. The number of rotatable bonds is 6. The third-order valence-electron chi connectivity index (χ3n) is 1.26. The molecule has 0 amide bonds. The van der Waals surface area contributed by atoms with Crippen molar-refractivity contribution < 1.29 is 87.1 Å². The molecule has 0 unspecified atom stereocenters. The molecule has 0 saturated heterocycles. The summed E-state index contributed by atoms with van der Waals surface area (Å²) >= 11 is 10.5. The molecule has 12 heteroatoms. The minimum absolute atomic E-state index is 0. The molecule has 0 aromatic heterocycles. The van der Waals surface area contributed by atoms with Gasteiger partial charge in [0, 0.05) is 0 Å². The van der Waals surface area contributed by atoms with Gasteiger partial charge in [-0.15, -0.1) is 0 Å². The number of hydrogen-bond donors (Lipinski definition) is 0. The van der Waals surface area contributed by atoms with Crippen LogP contribution < -0.4 is 68.9 Å². The van der Waals surface area contributed by atoms with Gasteiger partial charge in [0.25, 0.3) is 0 Å². The van der Waals surface area contributed by atoms with Crippen molar-refractivity contribution in [3.8, 4) is 0 Å². The van der Waals surface area contributed by atoms with Gasteiger partial charge in [0.05, 0.1) is 13.2 Å². The molecule has 0 aromatic carbocycles. The van der Waals surface area contributed by atoms with E-state index in [0.717, 1.165) is 0 Å². The number of halogens is 2. The van der Waals surface area contributed by atoms with E-state index in [-0.39, 0.29) is 72.3 Å². The third-order valence-corrected chi connectivity index (χ3v) is 7.73. The Hall–Kier alpha value is 2.88. The van der Waals surface area contributed by atoms with Crippen molar-refractivity contribution in [3.05, 3.63) is 0 Å². The zero-order chi connectivity index (χ0) is 12.3. The van der Waals surface area contributed by atoms with Crippen LogP contribution in [0.4, 0.5) is 0 Å². The summed E-state index contributed by atoms with van der Waals surface area (Å²) < 4.78 is 28.5. The maximum atomic E-state index is 11.8. The fourth-order valence-corrected chi connectivity index (χ4v) is 3.88. The van der Waals surface area contributed by atoms with E-state index in [2.05, 4.69) is 9.05 Å². The minimum atomic E-state index is -5.53. The number of hydrogen-bond acceptors (Lipinski definition) is 6. The van der Waals surface area contributed by atoms with Crippen LogP contribution in [0.5, 0.6) is 0 Å². The van der Waals surface area contributed by atoms with Crippen molar-refractivity contribution in [1.82, 2.24) is 0 Å². The molecule has 0 heterocycles. The van der Waals surface area contributed by atoms with Crippen LogP contribution in [0.3, 0.4) is 0 Å². The van der Waals surface area contributed by atoms with E-state index in [4.69, 9.17) is 23.2 Å². The van der Waals surface area contributed by atoms with Crippen molar-refractivity contribution >= 4 is 38.4 Å². The molecule has 0 saturated carbocycles. The second-order valence-corrected chi connectivity index (χ2v) is 8.92. The van der Waals surface area contributed by atoms with Crippen molar-refractivity contribution in [3.63, 3.8) is 0 Å². The van der Waals surface area contributed by atoms with Gasteiger partial charge in [-0.1, -0.05) is 23.2 Å². The second kappa shape index (κ2) is 9.75. The van der Waals surface area contributed by atoms with Gasteiger partial charge in [-0.05, 0) is 21.4 Å². The van der Waals surface area contributed by atoms with Gasteiger partial charge in [-0.25, -0.2) is 0 Å². The first-order chi connectivity index (χ1) is 6.62. The molecule has 92 valence electrons. The van der Waals surface area contributed by atoms with Crippen LogP contribution >= 0.6 is 38.4 Å². The van der Waals surface area contributed by atoms with Crippen molar-refractivity contribution in [2.75, 3.05) is 13.2 Å². The quantitative estimate of drug-likeness (QED) is 0.273. The van der Waals surface area contributed by atoms with E-state index >= 15 is 0 Å². The zero-order valence-electron chi connectivity index (χ0n) is 10.0. The molecule has 0 spiro atoms. The molecule has 0 radical (unpaired) electrons. The van der Waals surface area contributed by atoms with E-state index in [1.54, 1.807) is 0 Å². The Morgan fingerprint density at radius 1 is 1.06 bits per heavy atom. The maximum Gasteiger partial charge on any atom is 1.00 e. The molecule has 0 atom stereocenters. The molecule has 17 heavy (non-hydrogen) atoms. The SMILES string of the molecule is CCOP(=O)(OCC)C(Cl)(Cl)P(=O)([O-])[O-].[Na+].[Na+]. The predicted octanol–water partition coefficient (Wildman–Crippen LogP) is -4.74. The smallest absolute Gasteiger partial charge is 0.808 e. The van der Waals surface area contributed by atoms with Crippen LogP contribution in [0.15, 0.2) is 0 Å². The van der Waals surface area contributed by atoms with E-state index in [0.29, 0.717) is 0 Å². The van der Waals surface area contributed by atoms with Crippen LogP contribution in [0.2, 0.25) is 0 Å². The minimum Gasteiger partial charge on any atom is -0.808 e. The summed E-state index contributed by atoms with van der Waals surface area (Å²) in [4.78, 5) is 21.5. The van der Waals surface area contributed by atoms with Crippen LogP contribution in [0.1, 0.15) is 13.8 Å². The molecule has 0 aliphatic rings. The third kappa shape index (κ3) is 6.45. The summed E-state index contributed by atoms with van der Waals surface area (Å²) in [6.45, 7) is 2.54. The van der Waals surface area contributed by atoms with Crippen molar-refractivity contribution in [2.24, 2.45) is 0 Å². The van der Waals surface area contributed by atoms with Gasteiger partial charge < -0.3 is 23.4 Å². The summed E-state index contributed by atoms with van der Waals surface area (Å²) in [6, 6.07) is 0. The summed E-state index contributed by atoms with van der Waals surface area (Å²) in [5, 5.41) is 0. The van der Waals surface area contributed by atoms with Crippen molar-refractivity contribution in [2.45, 2.75) is 17.7 Å². The van der Waals surface area contributed by atoms with Crippen molar-refractivity contribution in [1.29, 1.82) is 0 Å². The van der Waals surface area contributed by atoms with E-state index < -0.39 is 19.0 Å². The molecule has 0 bridgehead atoms. The molecule has 0 fully saturated rings. The standard InChI is InChI=1S/C5H12Cl2O6P2.2Na/c1-3-12-15(11,13-4-2)5(6,7)14(8,9)10;;/h3-4H2,1-2H3,(H2,8,9,10);;/q;2*+1/p-2. The van der Waals surface area contributed by atoms with Crippen LogP contribution in [0.25, 0.3) is 0 Å². The van der Waals surface area contributed by atoms with Gasteiger partial charge in [0.15, 0.2) is 0 Å². The Morgan fingerprint density at radius 3 is 1.53 bits per heavy atom. The molecule has 0 rings (SSSR count). The van der Waals surface area contributed by atoms with Crippen LogP contribution in [-0.2, 0) is 18.2 Å². The summed E-state index contributed by atoms with van der Waals surface area (Å²) in [7, 11) is -9.93. The summed E-state index contributed by atoms with van der Waals surface area (Å²) in [5.41, 5.74) is 0. The molecule has 0 aliphatic heterocycles. The summed E-state index contributed by atoms with van der Waals surface area (Å²) in [6.07, 6.45) is 0. The Labute approximate surface area is 154 Å². The van der Waals surface area contributed by atoms with E-state index in [1.165, 1.54) is 13.8 Å². The average Bonchev–Trinajstić information content (AvgIpc) is 2.02. The fraction of sp³-hybridized carbons (Fsp3) is 1.00. The van der Waals surface area contributed by atoms with Gasteiger partial charge in [-0.3, -0.25) is 4.57 Å². The van der Waals surface area contributed by atoms with E-state index in [1.807, 2.05) is 0 Å². The zero-order valence-corrected chi connectivity index (χ0v) is 17.3. The predicted molar refractivity (Wildman–Crippen MR) is 52.9 cm³/mol. The Kier molecular flexibility index (Phi) is 14.3. The topological polar surface area (TPSA) is 98.7 Å². The largest absolute Gasteiger partial charge is 1.00 e. The Bertz CT molecular complexity index is 299. The summed E-state index contributed by atoms with van der Waals surface area (Å²) in [5.74, 6) is 0. The molecule has 0 aromatic rings. The molecular weight excluding hydrogens is 335 g/mol. The van der Waals surface area contributed by atoms with Crippen LogP contribution in [-0.4, -0.2) is 17.0 Å². The van der Waals surface area contributed by atoms with E-state index in [9.17, 15) is 18.9 Å². The molecule has 0 aliphatic carbocycles. The van der Waals surface area contributed by atoms with Gasteiger partial charge in [0.1, 0.15) is 0 Å². The first-order valence-electron chi connectivity index (χ1n) is 3.91. The van der Waals surface area contributed by atoms with Crippen LogP contribution in [0, 0.1) is 0 Å². The van der Waals surface area contributed by atoms with Gasteiger partial charge in [-0.2, -0.15) is 0 Å². The van der Waals surface area contributed by atoms with Gasteiger partial charge in [0.2, 0.25) is 3.82 Å².